The molecule has 0 radical (unpaired) electrons. The standard InChI is InChI=1S/C8H9NO2/c10-8-3-6(1-2-9-8)7-4-11-5-7/h1-3,7H,4-5H2,(H,9,10)/i1D,2D,3D. The molecule has 0 aromatic carbocycles. The van der Waals surface area contributed by atoms with Crippen LogP contribution in [0.4, 0.5) is 0 Å². The maximum atomic E-state index is 11.2. The van der Waals surface area contributed by atoms with Gasteiger partial charge in [0.1, 0.15) is 0 Å². The Morgan fingerprint density at radius 1 is 1.73 bits per heavy atom. The zero-order valence-corrected chi connectivity index (χ0v) is 5.81. The van der Waals surface area contributed by atoms with E-state index in [0.29, 0.717) is 18.8 Å². The second-order valence-corrected chi connectivity index (χ2v) is 2.48. The molecule has 1 saturated heterocycles. The molecule has 1 aromatic heterocycles. The molecule has 1 N–H and O–H groups in total. The van der Waals surface area contributed by atoms with Crippen molar-refractivity contribution in [1.82, 2.24) is 4.98 Å². The fraction of sp³-hybridized carbons (Fsp3) is 0.375. The number of pyridine rings is 1. The number of hydrogen-bond donors (Lipinski definition) is 1. The summed E-state index contributed by atoms with van der Waals surface area (Å²) in [6, 6.07) is -0.276. The first-order valence-electron chi connectivity index (χ1n) is 4.89. The molecule has 2 heterocycles. The van der Waals surface area contributed by atoms with Gasteiger partial charge in [0.2, 0.25) is 5.56 Å². The predicted molar refractivity (Wildman–Crippen MR) is 40.6 cm³/mol. The van der Waals surface area contributed by atoms with E-state index >= 15 is 0 Å². The van der Waals surface area contributed by atoms with Crippen LogP contribution in [0.15, 0.2) is 23.1 Å². The molecule has 0 unspecified atom stereocenters. The first-order valence-corrected chi connectivity index (χ1v) is 3.39. The van der Waals surface area contributed by atoms with Crippen LogP contribution in [0.1, 0.15) is 15.6 Å². The largest absolute Gasteiger partial charge is 0.380 e. The molecule has 1 fully saturated rings. The van der Waals surface area contributed by atoms with Crippen molar-refractivity contribution in [2.45, 2.75) is 5.92 Å². The summed E-state index contributed by atoms with van der Waals surface area (Å²) >= 11 is 0. The summed E-state index contributed by atoms with van der Waals surface area (Å²) in [5, 5.41) is 0. The van der Waals surface area contributed by atoms with E-state index in [1.807, 2.05) is 0 Å². The van der Waals surface area contributed by atoms with Crippen molar-refractivity contribution in [1.29, 1.82) is 0 Å². The van der Waals surface area contributed by atoms with Gasteiger partial charge < -0.3 is 9.72 Å². The number of hydrogen-bond acceptors (Lipinski definition) is 2. The Hall–Kier alpha value is -1.09. The van der Waals surface area contributed by atoms with Crippen molar-refractivity contribution in [3.05, 3.63) is 34.2 Å². The second kappa shape index (κ2) is 2.51. The van der Waals surface area contributed by atoms with E-state index in [-0.39, 0.29) is 24.2 Å². The van der Waals surface area contributed by atoms with Gasteiger partial charge in [0.25, 0.3) is 0 Å². The van der Waals surface area contributed by atoms with E-state index in [1.165, 1.54) is 0 Å². The SMILES string of the molecule is [2H]c1[nH]c(=O)c([2H])c(C2COC2)c1[2H]. The summed E-state index contributed by atoms with van der Waals surface area (Å²) in [6.07, 6.45) is -0.229. The van der Waals surface area contributed by atoms with Crippen LogP contribution in [0, 0.1) is 0 Å². The molecule has 1 aromatic rings. The first kappa shape index (κ1) is 4.07. The molecule has 11 heavy (non-hydrogen) atoms. The molecule has 3 nitrogen and oxygen atoms in total. The Kier molecular flexibility index (Phi) is 0.927. The molecular formula is C8H9NO2. The number of rotatable bonds is 1. The molecule has 58 valence electrons. The van der Waals surface area contributed by atoms with Crippen molar-refractivity contribution in [3.63, 3.8) is 0 Å². The Balaban J connectivity index is 2.60. The highest BCUT2D eigenvalue weighted by atomic mass is 16.5. The highest BCUT2D eigenvalue weighted by Crippen LogP contribution is 2.21. The number of aromatic amines is 1. The van der Waals surface area contributed by atoms with Crippen molar-refractivity contribution in [3.8, 4) is 0 Å². The van der Waals surface area contributed by atoms with Gasteiger partial charge in [-0.25, -0.2) is 0 Å². The molecular weight excluding hydrogens is 142 g/mol. The monoisotopic (exact) mass is 154 g/mol. The summed E-state index contributed by atoms with van der Waals surface area (Å²) in [6.45, 7) is 0.862. The van der Waals surface area contributed by atoms with Crippen LogP contribution < -0.4 is 5.56 Å². The molecule has 0 aliphatic carbocycles. The zero-order chi connectivity index (χ0) is 10.3. The topological polar surface area (TPSA) is 42.1 Å². The van der Waals surface area contributed by atoms with Crippen LogP contribution in [-0.2, 0) is 4.74 Å². The molecule has 1 aliphatic heterocycles. The molecule has 0 saturated carbocycles. The zero-order valence-electron chi connectivity index (χ0n) is 8.81. The van der Waals surface area contributed by atoms with E-state index in [0.717, 1.165) is 0 Å². The fourth-order valence-electron chi connectivity index (χ4n) is 0.947. The van der Waals surface area contributed by atoms with Crippen LogP contribution >= 0.6 is 0 Å². The molecule has 0 atom stereocenters. The van der Waals surface area contributed by atoms with Crippen molar-refractivity contribution in [2.75, 3.05) is 13.2 Å². The van der Waals surface area contributed by atoms with Gasteiger partial charge >= 0.3 is 0 Å². The number of aromatic nitrogens is 1. The lowest BCUT2D eigenvalue weighted by molar-refractivity contribution is 0.00836. The highest BCUT2D eigenvalue weighted by Gasteiger charge is 2.20. The van der Waals surface area contributed by atoms with Gasteiger partial charge in [0.05, 0.1) is 17.3 Å². The molecule has 0 amide bonds. The summed E-state index contributed by atoms with van der Waals surface area (Å²) < 4.78 is 27.3. The van der Waals surface area contributed by atoms with Crippen LogP contribution in [0.2, 0.25) is 0 Å². The van der Waals surface area contributed by atoms with Crippen LogP contribution in [0.25, 0.3) is 0 Å². The Bertz CT molecular complexity index is 425. The lowest BCUT2D eigenvalue weighted by atomic mass is 9.99. The third-order valence-corrected chi connectivity index (χ3v) is 1.67. The molecule has 0 spiro atoms. The number of nitrogens with one attached hydrogen (secondary N) is 1. The maximum absolute atomic E-state index is 11.2. The Morgan fingerprint density at radius 2 is 2.55 bits per heavy atom. The number of ether oxygens (including phenoxy) is 1. The Morgan fingerprint density at radius 3 is 3.18 bits per heavy atom. The highest BCUT2D eigenvalue weighted by molar-refractivity contribution is 5.17. The summed E-state index contributed by atoms with van der Waals surface area (Å²) in [7, 11) is 0. The van der Waals surface area contributed by atoms with Gasteiger partial charge in [-0.2, -0.15) is 0 Å². The van der Waals surface area contributed by atoms with Crippen LogP contribution in [-0.4, -0.2) is 18.2 Å². The van der Waals surface area contributed by atoms with Crippen LogP contribution in [0.5, 0.6) is 0 Å². The van der Waals surface area contributed by atoms with Gasteiger partial charge in [0.15, 0.2) is 0 Å². The van der Waals surface area contributed by atoms with E-state index < -0.39 is 5.56 Å². The van der Waals surface area contributed by atoms with Gasteiger partial charge in [-0.05, 0) is 11.6 Å². The smallest absolute Gasteiger partial charge is 0.248 e. The Labute approximate surface area is 68.2 Å². The van der Waals surface area contributed by atoms with Crippen LogP contribution in [0.3, 0.4) is 0 Å². The van der Waals surface area contributed by atoms with Crippen molar-refractivity contribution >= 4 is 0 Å². The minimum atomic E-state index is -0.604. The van der Waals surface area contributed by atoms with E-state index in [4.69, 9.17) is 8.85 Å². The summed E-state index contributed by atoms with van der Waals surface area (Å²) in [5.41, 5.74) is -0.266. The fourth-order valence-corrected chi connectivity index (χ4v) is 0.947. The lowest BCUT2D eigenvalue weighted by Gasteiger charge is -2.25. The predicted octanol–water partition coefficient (Wildman–Crippen LogP) is 0.489. The third-order valence-electron chi connectivity index (χ3n) is 1.67. The average Bonchev–Trinajstić information content (AvgIpc) is 2.06. The average molecular weight is 154 g/mol. The van der Waals surface area contributed by atoms with Gasteiger partial charge in [-0.15, -0.1) is 0 Å². The van der Waals surface area contributed by atoms with Gasteiger partial charge in [-0.3, -0.25) is 4.79 Å². The minimum Gasteiger partial charge on any atom is -0.380 e. The second-order valence-electron chi connectivity index (χ2n) is 2.48. The number of H-pyrrole nitrogens is 1. The normalized spacial score (nSPS) is 21.6. The van der Waals surface area contributed by atoms with Gasteiger partial charge in [0, 0.05) is 18.1 Å². The van der Waals surface area contributed by atoms with E-state index in [9.17, 15) is 4.79 Å². The van der Waals surface area contributed by atoms with E-state index in [1.54, 1.807) is 0 Å². The molecule has 1 aliphatic rings. The molecule has 0 bridgehead atoms. The summed E-state index contributed by atoms with van der Waals surface area (Å²) in [5.74, 6) is -0.0681. The summed E-state index contributed by atoms with van der Waals surface area (Å²) in [4.78, 5) is 13.3. The molecule has 3 heteroatoms. The van der Waals surface area contributed by atoms with Crippen molar-refractivity contribution < 1.29 is 8.85 Å². The first-order chi connectivity index (χ1) is 6.61. The van der Waals surface area contributed by atoms with E-state index in [2.05, 4.69) is 4.98 Å². The lowest BCUT2D eigenvalue weighted by Crippen LogP contribution is -2.26. The molecule has 2 rings (SSSR count). The quantitative estimate of drug-likeness (QED) is 0.639. The minimum absolute atomic E-state index is 0.0668. The maximum Gasteiger partial charge on any atom is 0.248 e. The van der Waals surface area contributed by atoms with Crippen molar-refractivity contribution in [2.24, 2.45) is 0 Å². The third kappa shape index (κ3) is 1.19. The van der Waals surface area contributed by atoms with Gasteiger partial charge in [-0.1, -0.05) is 0 Å².